The molecule has 0 amide bonds. The largest absolute Gasteiger partial charge is 0.411 e. The molecule has 0 bridgehead atoms. The van der Waals surface area contributed by atoms with E-state index < -0.39 is 12.8 Å². The average Bonchev–Trinajstić information content (AvgIpc) is 1.78. The van der Waals surface area contributed by atoms with Gasteiger partial charge in [-0.05, 0) is 13.3 Å². The van der Waals surface area contributed by atoms with Gasteiger partial charge in [-0.3, -0.25) is 0 Å². The molecule has 0 fully saturated rings. The van der Waals surface area contributed by atoms with Gasteiger partial charge in [0.1, 0.15) is 6.61 Å². The molecule has 0 rings (SSSR count). The molecule has 0 aromatic rings. The molecule has 0 aliphatic carbocycles. The average molecular weight is 171 g/mol. The Morgan fingerprint density at radius 2 is 2.00 bits per heavy atom. The number of alkyl halides is 3. The van der Waals surface area contributed by atoms with Crippen molar-refractivity contribution in [1.82, 2.24) is 0 Å². The van der Waals surface area contributed by atoms with Crippen molar-refractivity contribution in [2.45, 2.75) is 25.6 Å². The van der Waals surface area contributed by atoms with Crippen LogP contribution in [0.4, 0.5) is 13.2 Å². The lowest BCUT2D eigenvalue weighted by Gasteiger charge is -2.08. The smallest absolute Gasteiger partial charge is 0.372 e. The SMILES string of the molecule is C[C@H](N)CCOCC(F)(F)F. The topological polar surface area (TPSA) is 35.2 Å². The molecule has 0 heterocycles. The van der Waals surface area contributed by atoms with Gasteiger partial charge in [0, 0.05) is 12.6 Å². The predicted molar refractivity (Wildman–Crippen MR) is 35.1 cm³/mol. The summed E-state index contributed by atoms with van der Waals surface area (Å²) in [5.74, 6) is 0. The zero-order valence-corrected chi connectivity index (χ0v) is 6.32. The molecule has 0 spiro atoms. The lowest BCUT2D eigenvalue weighted by Crippen LogP contribution is -2.21. The minimum absolute atomic E-state index is 0.0666. The van der Waals surface area contributed by atoms with Gasteiger partial charge in [-0.2, -0.15) is 13.2 Å². The van der Waals surface area contributed by atoms with Crippen molar-refractivity contribution in [2.75, 3.05) is 13.2 Å². The molecule has 1 atom stereocenters. The maximum atomic E-state index is 11.4. The molecule has 2 nitrogen and oxygen atoms in total. The number of rotatable bonds is 4. The van der Waals surface area contributed by atoms with E-state index in [1.54, 1.807) is 6.92 Å². The van der Waals surface area contributed by atoms with Gasteiger partial charge in [-0.1, -0.05) is 0 Å². The second-order valence-corrected chi connectivity index (χ2v) is 2.43. The summed E-state index contributed by atoms with van der Waals surface area (Å²) in [6, 6.07) is -0.108. The Morgan fingerprint density at radius 3 is 2.36 bits per heavy atom. The van der Waals surface area contributed by atoms with Crippen LogP contribution < -0.4 is 5.73 Å². The van der Waals surface area contributed by atoms with Gasteiger partial charge in [0.05, 0.1) is 0 Å². The molecule has 0 saturated heterocycles. The summed E-state index contributed by atoms with van der Waals surface area (Å²) < 4.78 is 38.6. The fraction of sp³-hybridized carbons (Fsp3) is 1.00. The van der Waals surface area contributed by atoms with Crippen LogP contribution in [-0.2, 0) is 4.74 Å². The molecule has 0 aliphatic rings. The first-order valence-electron chi connectivity index (χ1n) is 3.32. The lowest BCUT2D eigenvalue weighted by molar-refractivity contribution is -0.174. The van der Waals surface area contributed by atoms with E-state index in [-0.39, 0.29) is 12.6 Å². The Kier molecular flexibility index (Phi) is 4.44. The van der Waals surface area contributed by atoms with Gasteiger partial charge in [0.15, 0.2) is 0 Å². The normalized spacial score (nSPS) is 15.0. The summed E-state index contributed by atoms with van der Waals surface area (Å²) in [7, 11) is 0. The summed E-state index contributed by atoms with van der Waals surface area (Å²) in [4.78, 5) is 0. The Balaban J connectivity index is 3.15. The molecule has 0 unspecified atom stereocenters. The second kappa shape index (κ2) is 4.56. The standard InChI is InChI=1S/C6H12F3NO/c1-5(10)2-3-11-4-6(7,8)9/h5H,2-4,10H2,1H3/t5-/m0/s1. The highest BCUT2D eigenvalue weighted by atomic mass is 19.4. The van der Waals surface area contributed by atoms with Gasteiger partial charge in [-0.25, -0.2) is 0 Å². The molecule has 0 radical (unpaired) electrons. The van der Waals surface area contributed by atoms with Gasteiger partial charge >= 0.3 is 6.18 Å². The summed E-state index contributed by atoms with van der Waals surface area (Å²) in [6.45, 7) is 0.605. The molecule has 0 aromatic heterocycles. The molecule has 68 valence electrons. The maximum Gasteiger partial charge on any atom is 0.411 e. The van der Waals surface area contributed by atoms with E-state index in [1.807, 2.05) is 0 Å². The minimum atomic E-state index is -4.22. The van der Waals surface area contributed by atoms with Crippen molar-refractivity contribution in [2.24, 2.45) is 5.73 Å². The number of hydrogen-bond donors (Lipinski definition) is 1. The van der Waals surface area contributed by atoms with Gasteiger partial charge in [-0.15, -0.1) is 0 Å². The molecular weight excluding hydrogens is 159 g/mol. The maximum absolute atomic E-state index is 11.4. The first-order valence-corrected chi connectivity index (χ1v) is 3.32. The van der Waals surface area contributed by atoms with Gasteiger partial charge < -0.3 is 10.5 Å². The summed E-state index contributed by atoms with van der Waals surface area (Å²) >= 11 is 0. The Morgan fingerprint density at radius 1 is 1.45 bits per heavy atom. The van der Waals surface area contributed by atoms with E-state index in [4.69, 9.17) is 5.73 Å². The zero-order chi connectivity index (χ0) is 8.91. The van der Waals surface area contributed by atoms with Crippen LogP contribution in [0, 0.1) is 0 Å². The van der Waals surface area contributed by atoms with Crippen molar-refractivity contribution in [3.8, 4) is 0 Å². The fourth-order valence-electron chi connectivity index (χ4n) is 0.457. The molecular formula is C6H12F3NO. The van der Waals surface area contributed by atoms with E-state index in [0.29, 0.717) is 6.42 Å². The number of halogens is 3. The number of nitrogens with two attached hydrogens (primary N) is 1. The van der Waals surface area contributed by atoms with Crippen molar-refractivity contribution in [3.05, 3.63) is 0 Å². The quantitative estimate of drug-likeness (QED) is 0.647. The number of hydrogen-bond acceptors (Lipinski definition) is 2. The summed E-state index contributed by atoms with van der Waals surface area (Å²) in [5, 5.41) is 0. The van der Waals surface area contributed by atoms with E-state index in [0.717, 1.165) is 0 Å². The van der Waals surface area contributed by atoms with Gasteiger partial charge in [0.25, 0.3) is 0 Å². The first-order chi connectivity index (χ1) is 4.92. The van der Waals surface area contributed by atoms with Crippen LogP contribution >= 0.6 is 0 Å². The number of ether oxygens (including phenoxy) is 1. The minimum Gasteiger partial charge on any atom is -0.372 e. The fourth-order valence-corrected chi connectivity index (χ4v) is 0.457. The van der Waals surface area contributed by atoms with Crippen molar-refractivity contribution in [3.63, 3.8) is 0 Å². The Bertz CT molecular complexity index is 102. The third-order valence-electron chi connectivity index (χ3n) is 0.983. The van der Waals surface area contributed by atoms with Crippen LogP contribution in [0.3, 0.4) is 0 Å². The molecule has 0 aliphatic heterocycles. The molecule has 2 N–H and O–H groups in total. The third-order valence-corrected chi connectivity index (χ3v) is 0.983. The second-order valence-electron chi connectivity index (χ2n) is 2.43. The highest BCUT2D eigenvalue weighted by Crippen LogP contribution is 2.14. The monoisotopic (exact) mass is 171 g/mol. The predicted octanol–water partition coefficient (Wildman–Crippen LogP) is 1.30. The van der Waals surface area contributed by atoms with Crippen LogP contribution in [0.5, 0.6) is 0 Å². The summed E-state index contributed by atoms with van der Waals surface area (Å²) in [5.41, 5.74) is 5.28. The molecule has 11 heavy (non-hydrogen) atoms. The van der Waals surface area contributed by atoms with Crippen LogP contribution in [0.15, 0.2) is 0 Å². The Hall–Kier alpha value is -0.290. The Labute approximate surface area is 63.5 Å². The van der Waals surface area contributed by atoms with E-state index in [1.165, 1.54) is 0 Å². The van der Waals surface area contributed by atoms with E-state index in [2.05, 4.69) is 4.74 Å². The molecule has 5 heteroatoms. The van der Waals surface area contributed by atoms with E-state index in [9.17, 15) is 13.2 Å². The van der Waals surface area contributed by atoms with Crippen molar-refractivity contribution >= 4 is 0 Å². The van der Waals surface area contributed by atoms with Crippen LogP contribution in [0.1, 0.15) is 13.3 Å². The van der Waals surface area contributed by atoms with Crippen molar-refractivity contribution < 1.29 is 17.9 Å². The highest BCUT2D eigenvalue weighted by molar-refractivity contribution is 4.52. The zero-order valence-electron chi connectivity index (χ0n) is 6.32. The lowest BCUT2D eigenvalue weighted by atomic mass is 10.3. The van der Waals surface area contributed by atoms with Crippen LogP contribution in [0.2, 0.25) is 0 Å². The first kappa shape index (κ1) is 10.7. The summed E-state index contributed by atoms with van der Waals surface area (Å²) in [6.07, 6.45) is -3.77. The van der Waals surface area contributed by atoms with Crippen LogP contribution in [-0.4, -0.2) is 25.4 Å². The third kappa shape index (κ3) is 9.71. The van der Waals surface area contributed by atoms with E-state index >= 15 is 0 Å². The van der Waals surface area contributed by atoms with Crippen molar-refractivity contribution in [1.29, 1.82) is 0 Å². The van der Waals surface area contributed by atoms with Gasteiger partial charge in [0.2, 0.25) is 0 Å². The molecule has 0 aromatic carbocycles. The highest BCUT2D eigenvalue weighted by Gasteiger charge is 2.27. The molecule has 0 saturated carbocycles. The van der Waals surface area contributed by atoms with Crippen LogP contribution in [0.25, 0.3) is 0 Å².